The van der Waals surface area contributed by atoms with Crippen LogP contribution in [0.2, 0.25) is 0 Å². The summed E-state index contributed by atoms with van der Waals surface area (Å²) in [5.41, 5.74) is 0.957. The van der Waals surface area contributed by atoms with E-state index < -0.39 is 0 Å². The summed E-state index contributed by atoms with van der Waals surface area (Å²) in [4.78, 5) is 2.07. The van der Waals surface area contributed by atoms with E-state index in [0.29, 0.717) is 18.7 Å². The molecule has 1 aromatic rings. The van der Waals surface area contributed by atoms with Gasteiger partial charge in [0, 0.05) is 20.1 Å². The lowest BCUT2D eigenvalue weighted by atomic mass is 10.0. The van der Waals surface area contributed by atoms with Gasteiger partial charge in [-0.1, -0.05) is 0 Å². The molecular formula is C13H20N4O2. The van der Waals surface area contributed by atoms with Gasteiger partial charge >= 0.3 is 0 Å². The predicted octanol–water partition coefficient (Wildman–Crippen LogP) is 0.576. The normalized spacial score (nSPS) is 22.3. The van der Waals surface area contributed by atoms with Crippen molar-refractivity contribution in [3.8, 4) is 6.07 Å². The Morgan fingerprint density at radius 1 is 1.58 bits per heavy atom. The summed E-state index contributed by atoms with van der Waals surface area (Å²) in [6, 6.07) is 2.21. The van der Waals surface area contributed by atoms with Crippen molar-refractivity contribution in [3.63, 3.8) is 0 Å². The van der Waals surface area contributed by atoms with Crippen LogP contribution in [-0.4, -0.2) is 46.3 Å². The van der Waals surface area contributed by atoms with Gasteiger partial charge in [-0.3, -0.25) is 4.68 Å². The number of aliphatic hydroxyl groups is 1. The fourth-order valence-corrected chi connectivity index (χ4v) is 2.69. The Bertz CT molecular complexity index is 515. The second-order valence-corrected chi connectivity index (χ2v) is 5.58. The van der Waals surface area contributed by atoms with Gasteiger partial charge in [0.25, 0.3) is 0 Å². The summed E-state index contributed by atoms with van der Waals surface area (Å²) >= 11 is 0. The molecule has 0 saturated carbocycles. The molecule has 1 aliphatic rings. The van der Waals surface area contributed by atoms with Crippen LogP contribution in [0.3, 0.4) is 0 Å². The smallest absolute Gasteiger partial charge is 0.145 e. The SMILES string of the molecule is Cc1nn(C)c(N2CC(CO)OC(C)(C)C2)c1C#N. The van der Waals surface area contributed by atoms with Crippen molar-refractivity contribution in [1.82, 2.24) is 9.78 Å². The third kappa shape index (κ3) is 2.57. The van der Waals surface area contributed by atoms with Crippen LogP contribution < -0.4 is 4.90 Å². The lowest BCUT2D eigenvalue weighted by molar-refractivity contribution is -0.101. The fourth-order valence-electron chi connectivity index (χ4n) is 2.69. The van der Waals surface area contributed by atoms with Gasteiger partial charge in [0.1, 0.15) is 17.5 Å². The summed E-state index contributed by atoms with van der Waals surface area (Å²) < 4.78 is 7.52. The van der Waals surface area contributed by atoms with E-state index in [0.717, 1.165) is 11.5 Å². The maximum Gasteiger partial charge on any atom is 0.145 e. The standard InChI is InChI=1S/C13H20N4O2/c1-9-11(5-14)12(16(4)15-9)17-6-10(7-18)19-13(2,3)8-17/h10,18H,6-8H2,1-4H3. The van der Waals surface area contributed by atoms with Crippen LogP contribution in [0, 0.1) is 18.3 Å². The molecule has 1 N–H and O–H groups in total. The Morgan fingerprint density at radius 2 is 2.26 bits per heavy atom. The van der Waals surface area contributed by atoms with Crippen molar-refractivity contribution in [2.45, 2.75) is 32.5 Å². The van der Waals surface area contributed by atoms with E-state index >= 15 is 0 Å². The van der Waals surface area contributed by atoms with Gasteiger partial charge in [-0.05, 0) is 20.8 Å². The van der Waals surface area contributed by atoms with E-state index in [1.807, 2.05) is 27.8 Å². The van der Waals surface area contributed by atoms with Crippen molar-refractivity contribution in [2.75, 3.05) is 24.6 Å². The third-order valence-corrected chi connectivity index (χ3v) is 3.29. The minimum atomic E-state index is -0.365. The van der Waals surface area contributed by atoms with Crippen LogP contribution >= 0.6 is 0 Å². The summed E-state index contributed by atoms with van der Waals surface area (Å²) in [7, 11) is 1.83. The monoisotopic (exact) mass is 264 g/mol. The number of hydrogen-bond acceptors (Lipinski definition) is 5. The first kappa shape index (κ1) is 13.8. The van der Waals surface area contributed by atoms with Gasteiger partial charge in [0.2, 0.25) is 0 Å². The van der Waals surface area contributed by atoms with Crippen LogP contribution in [0.5, 0.6) is 0 Å². The zero-order valence-electron chi connectivity index (χ0n) is 11.8. The van der Waals surface area contributed by atoms with Gasteiger partial charge in [-0.2, -0.15) is 10.4 Å². The van der Waals surface area contributed by atoms with Crippen LogP contribution in [0.1, 0.15) is 25.1 Å². The van der Waals surface area contributed by atoms with Gasteiger partial charge < -0.3 is 14.7 Å². The average Bonchev–Trinajstić information content (AvgIpc) is 2.61. The molecule has 1 fully saturated rings. The van der Waals surface area contributed by atoms with Crippen LogP contribution in [0.25, 0.3) is 0 Å². The van der Waals surface area contributed by atoms with Crippen molar-refractivity contribution in [2.24, 2.45) is 7.05 Å². The molecule has 0 spiro atoms. The van der Waals surface area contributed by atoms with E-state index in [1.165, 1.54) is 0 Å². The topological polar surface area (TPSA) is 74.3 Å². The van der Waals surface area contributed by atoms with Gasteiger partial charge in [-0.15, -0.1) is 0 Å². The Balaban J connectivity index is 2.39. The highest BCUT2D eigenvalue weighted by molar-refractivity contribution is 5.57. The zero-order chi connectivity index (χ0) is 14.2. The molecule has 1 atom stereocenters. The number of hydrogen-bond donors (Lipinski definition) is 1. The molecule has 0 aliphatic carbocycles. The molecule has 1 unspecified atom stereocenters. The molecule has 1 aromatic heterocycles. The second-order valence-electron chi connectivity index (χ2n) is 5.58. The maximum atomic E-state index is 9.35. The molecule has 0 radical (unpaired) electrons. The molecular weight excluding hydrogens is 244 g/mol. The number of aryl methyl sites for hydroxylation is 2. The Kier molecular flexibility index (Phi) is 3.52. The minimum Gasteiger partial charge on any atom is -0.394 e. The fraction of sp³-hybridized carbons (Fsp3) is 0.692. The summed E-state index contributed by atoms with van der Waals surface area (Å²) in [5, 5.41) is 22.9. The molecule has 1 saturated heterocycles. The number of anilines is 1. The van der Waals surface area contributed by atoms with E-state index in [-0.39, 0.29) is 18.3 Å². The average molecular weight is 264 g/mol. The van der Waals surface area contributed by atoms with E-state index in [2.05, 4.69) is 16.1 Å². The maximum absolute atomic E-state index is 9.35. The van der Waals surface area contributed by atoms with Crippen LogP contribution in [0.4, 0.5) is 5.82 Å². The molecule has 2 rings (SSSR count). The number of ether oxygens (including phenoxy) is 1. The first-order valence-electron chi connectivity index (χ1n) is 6.35. The van der Waals surface area contributed by atoms with Gasteiger partial charge in [0.05, 0.1) is 24.0 Å². The van der Waals surface area contributed by atoms with Gasteiger partial charge in [0.15, 0.2) is 0 Å². The number of aliphatic hydroxyl groups excluding tert-OH is 1. The van der Waals surface area contributed by atoms with Crippen LogP contribution in [-0.2, 0) is 11.8 Å². The Morgan fingerprint density at radius 3 is 2.84 bits per heavy atom. The molecule has 6 heteroatoms. The highest BCUT2D eigenvalue weighted by atomic mass is 16.5. The minimum absolute atomic E-state index is 0.0291. The number of morpholine rings is 1. The Labute approximate surface area is 113 Å². The number of rotatable bonds is 2. The molecule has 2 heterocycles. The molecule has 0 amide bonds. The third-order valence-electron chi connectivity index (χ3n) is 3.29. The van der Waals surface area contributed by atoms with E-state index in [4.69, 9.17) is 4.74 Å². The summed E-state index contributed by atoms with van der Waals surface area (Å²) in [6.07, 6.45) is -0.245. The van der Waals surface area contributed by atoms with Crippen LogP contribution in [0.15, 0.2) is 0 Å². The highest BCUT2D eigenvalue weighted by Gasteiger charge is 2.35. The van der Waals surface area contributed by atoms with Crippen molar-refractivity contribution in [1.29, 1.82) is 5.26 Å². The molecule has 6 nitrogen and oxygen atoms in total. The molecule has 19 heavy (non-hydrogen) atoms. The van der Waals surface area contributed by atoms with E-state index in [1.54, 1.807) is 4.68 Å². The second kappa shape index (κ2) is 4.83. The van der Waals surface area contributed by atoms with Crippen molar-refractivity contribution in [3.05, 3.63) is 11.3 Å². The van der Waals surface area contributed by atoms with E-state index in [9.17, 15) is 10.4 Å². The van der Waals surface area contributed by atoms with Gasteiger partial charge in [-0.25, -0.2) is 0 Å². The molecule has 0 bridgehead atoms. The lowest BCUT2D eigenvalue weighted by Crippen LogP contribution is -2.54. The first-order chi connectivity index (χ1) is 8.88. The largest absolute Gasteiger partial charge is 0.394 e. The number of nitrogens with zero attached hydrogens (tertiary/aromatic N) is 4. The molecule has 104 valence electrons. The lowest BCUT2D eigenvalue weighted by Gasteiger charge is -2.43. The number of nitriles is 1. The summed E-state index contributed by atoms with van der Waals surface area (Å²) in [5.74, 6) is 0.801. The summed E-state index contributed by atoms with van der Waals surface area (Å²) in [6.45, 7) is 6.99. The van der Waals surface area contributed by atoms with Crippen molar-refractivity contribution >= 4 is 5.82 Å². The predicted molar refractivity (Wildman–Crippen MR) is 70.9 cm³/mol. The molecule has 1 aliphatic heterocycles. The number of aromatic nitrogens is 2. The Hall–Kier alpha value is -1.58. The van der Waals surface area contributed by atoms with Crippen molar-refractivity contribution < 1.29 is 9.84 Å². The zero-order valence-corrected chi connectivity index (χ0v) is 11.8. The molecule has 0 aromatic carbocycles. The first-order valence-corrected chi connectivity index (χ1v) is 6.35. The highest BCUT2D eigenvalue weighted by Crippen LogP contribution is 2.29. The quantitative estimate of drug-likeness (QED) is 0.845.